The smallest absolute Gasteiger partial charge is 0.259 e. The van der Waals surface area contributed by atoms with Crippen LogP contribution in [0.2, 0.25) is 0 Å². The van der Waals surface area contributed by atoms with Gasteiger partial charge in [-0.2, -0.15) is 5.10 Å². The van der Waals surface area contributed by atoms with Gasteiger partial charge in [-0.1, -0.05) is 32.9 Å². The number of pyridine rings is 2. The van der Waals surface area contributed by atoms with Crippen molar-refractivity contribution in [3.63, 3.8) is 0 Å². The van der Waals surface area contributed by atoms with Crippen molar-refractivity contribution in [3.8, 4) is 5.82 Å². The van der Waals surface area contributed by atoms with Crippen LogP contribution in [0.1, 0.15) is 67.3 Å². The molecule has 2 amide bonds. The summed E-state index contributed by atoms with van der Waals surface area (Å²) in [6.45, 7) is 9.72. The van der Waals surface area contributed by atoms with E-state index in [-0.39, 0.29) is 23.3 Å². The Labute approximate surface area is 212 Å². The second kappa shape index (κ2) is 10.0. The summed E-state index contributed by atoms with van der Waals surface area (Å²) in [6.07, 6.45) is 9.72. The van der Waals surface area contributed by atoms with E-state index in [1.54, 1.807) is 23.3 Å². The number of aromatic nitrogens is 4. The van der Waals surface area contributed by atoms with Crippen LogP contribution in [0.25, 0.3) is 11.4 Å². The molecule has 188 valence electrons. The van der Waals surface area contributed by atoms with E-state index in [0.717, 1.165) is 30.5 Å². The standard InChI is InChI=1S/C28H34N6O2/c1-18-15-21(32-26(35)23-17-31-34(19(23)2)24-9-7-8-14-29-24)16-30-25(18)20-10-12-22(13-11-20)33(6)27(36)28(3,4)5/h7-10,14-17,22H,11-13H2,1-6H3,(H,32,35). The third kappa shape index (κ3) is 5.22. The molecule has 8 heteroatoms. The zero-order valence-electron chi connectivity index (χ0n) is 21.9. The third-order valence-electron chi connectivity index (χ3n) is 6.65. The van der Waals surface area contributed by atoms with Crippen LogP contribution in [0.4, 0.5) is 5.69 Å². The fourth-order valence-corrected chi connectivity index (χ4v) is 4.60. The number of carbonyl (C=O) groups is 2. The molecule has 8 nitrogen and oxygen atoms in total. The number of nitrogens with one attached hydrogen (secondary N) is 1. The van der Waals surface area contributed by atoms with Crippen LogP contribution in [0.3, 0.4) is 0 Å². The zero-order valence-corrected chi connectivity index (χ0v) is 21.9. The Morgan fingerprint density at radius 1 is 1.14 bits per heavy atom. The molecule has 0 aliphatic heterocycles. The number of amides is 2. The van der Waals surface area contributed by atoms with Gasteiger partial charge in [-0.15, -0.1) is 0 Å². The highest BCUT2D eigenvalue weighted by Gasteiger charge is 2.30. The minimum atomic E-state index is -0.382. The Bertz CT molecular complexity index is 1300. The van der Waals surface area contributed by atoms with Crippen LogP contribution in [0.15, 0.2) is 48.9 Å². The molecule has 0 fully saturated rings. The van der Waals surface area contributed by atoms with Gasteiger partial charge in [-0.25, -0.2) is 9.67 Å². The van der Waals surface area contributed by atoms with Crippen LogP contribution in [0.5, 0.6) is 0 Å². The van der Waals surface area contributed by atoms with Gasteiger partial charge >= 0.3 is 0 Å². The molecule has 3 heterocycles. The maximum atomic E-state index is 12.9. The predicted molar refractivity (Wildman–Crippen MR) is 141 cm³/mol. The molecule has 1 N–H and O–H groups in total. The predicted octanol–water partition coefficient (Wildman–Crippen LogP) is 4.97. The summed E-state index contributed by atoms with van der Waals surface area (Å²) in [5, 5.41) is 7.27. The number of rotatable bonds is 5. The average Bonchev–Trinajstić information content (AvgIpc) is 3.24. The van der Waals surface area contributed by atoms with E-state index < -0.39 is 0 Å². The first-order valence-electron chi connectivity index (χ1n) is 12.3. The maximum absolute atomic E-state index is 12.9. The first-order chi connectivity index (χ1) is 17.1. The summed E-state index contributed by atoms with van der Waals surface area (Å²) in [5.41, 5.74) is 4.57. The van der Waals surface area contributed by atoms with E-state index in [9.17, 15) is 9.59 Å². The molecule has 0 bridgehead atoms. The molecular weight excluding hydrogens is 452 g/mol. The molecule has 1 unspecified atom stereocenters. The summed E-state index contributed by atoms with van der Waals surface area (Å²) >= 11 is 0. The highest BCUT2D eigenvalue weighted by molar-refractivity contribution is 6.05. The lowest BCUT2D eigenvalue weighted by Gasteiger charge is -2.35. The van der Waals surface area contributed by atoms with Gasteiger partial charge in [0.25, 0.3) is 5.91 Å². The molecule has 0 spiro atoms. The van der Waals surface area contributed by atoms with Crippen LogP contribution in [-0.2, 0) is 4.79 Å². The number of aryl methyl sites for hydroxylation is 1. The van der Waals surface area contributed by atoms with Crippen molar-refractivity contribution >= 4 is 23.1 Å². The molecule has 3 aromatic heterocycles. The molecular formula is C28H34N6O2. The van der Waals surface area contributed by atoms with Crippen molar-refractivity contribution in [1.82, 2.24) is 24.6 Å². The Morgan fingerprint density at radius 2 is 1.92 bits per heavy atom. The van der Waals surface area contributed by atoms with Crippen LogP contribution >= 0.6 is 0 Å². The fourth-order valence-electron chi connectivity index (χ4n) is 4.60. The zero-order chi connectivity index (χ0) is 26.0. The van der Waals surface area contributed by atoms with Gasteiger partial charge in [-0.05, 0) is 62.4 Å². The van der Waals surface area contributed by atoms with Crippen molar-refractivity contribution in [2.75, 3.05) is 12.4 Å². The fraction of sp³-hybridized carbons (Fsp3) is 0.393. The lowest BCUT2D eigenvalue weighted by atomic mass is 9.88. The first-order valence-corrected chi connectivity index (χ1v) is 12.3. The number of allylic oxidation sites excluding steroid dienone is 1. The third-order valence-corrected chi connectivity index (χ3v) is 6.65. The topological polar surface area (TPSA) is 93.0 Å². The van der Waals surface area contributed by atoms with Gasteiger partial charge in [0.05, 0.1) is 35.0 Å². The van der Waals surface area contributed by atoms with E-state index in [2.05, 4.69) is 26.5 Å². The quantitative estimate of drug-likeness (QED) is 0.550. The summed E-state index contributed by atoms with van der Waals surface area (Å²) in [7, 11) is 1.90. The van der Waals surface area contributed by atoms with Crippen molar-refractivity contribution in [3.05, 3.63) is 71.4 Å². The highest BCUT2D eigenvalue weighted by atomic mass is 16.2. The molecule has 1 atom stereocenters. The van der Waals surface area contributed by atoms with Crippen LogP contribution in [-0.4, -0.2) is 49.6 Å². The van der Waals surface area contributed by atoms with Gasteiger partial charge in [0.1, 0.15) is 0 Å². The van der Waals surface area contributed by atoms with Crippen molar-refractivity contribution < 1.29 is 9.59 Å². The van der Waals surface area contributed by atoms with E-state index >= 15 is 0 Å². The summed E-state index contributed by atoms with van der Waals surface area (Å²) in [4.78, 5) is 36.5. The minimum Gasteiger partial charge on any atom is -0.342 e. The lowest BCUT2D eigenvalue weighted by Crippen LogP contribution is -2.43. The molecule has 0 aromatic carbocycles. The first kappa shape index (κ1) is 25.3. The maximum Gasteiger partial charge on any atom is 0.259 e. The average molecular weight is 487 g/mol. The summed E-state index contributed by atoms with van der Waals surface area (Å²) in [5.74, 6) is 0.586. The van der Waals surface area contributed by atoms with Gasteiger partial charge in [0, 0.05) is 24.7 Å². The monoisotopic (exact) mass is 486 g/mol. The normalized spacial score (nSPS) is 15.8. The van der Waals surface area contributed by atoms with Gasteiger partial charge in [-0.3, -0.25) is 14.6 Å². The van der Waals surface area contributed by atoms with Gasteiger partial charge < -0.3 is 10.2 Å². The van der Waals surface area contributed by atoms with Crippen molar-refractivity contribution in [1.29, 1.82) is 0 Å². The summed E-state index contributed by atoms with van der Waals surface area (Å²) in [6, 6.07) is 7.71. The van der Waals surface area contributed by atoms with Crippen LogP contribution in [0, 0.1) is 19.3 Å². The largest absolute Gasteiger partial charge is 0.342 e. The molecule has 3 aromatic rings. The van der Waals surface area contributed by atoms with E-state index in [4.69, 9.17) is 0 Å². The molecule has 36 heavy (non-hydrogen) atoms. The second-order valence-corrected chi connectivity index (χ2v) is 10.4. The highest BCUT2D eigenvalue weighted by Crippen LogP contribution is 2.32. The Morgan fingerprint density at radius 3 is 2.53 bits per heavy atom. The lowest BCUT2D eigenvalue weighted by molar-refractivity contribution is -0.140. The Kier molecular flexibility index (Phi) is 7.06. The molecule has 4 rings (SSSR count). The van der Waals surface area contributed by atoms with E-state index in [1.165, 1.54) is 5.57 Å². The Hall–Kier alpha value is -3.81. The van der Waals surface area contributed by atoms with Gasteiger partial charge in [0.15, 0.2) is 5.82 Å². The number of anilines is 1. The minimum absolute atomic E-state index is 0.166. The number of nitrogens with zero attached hydrogens (tertiary/aromatic N) is 5. The number of hydrogen-bond donors (Lipinski definition) is 1. The molecule has 1 aliphatic carbocycles. The van der Waals surface area contributed by atoms with Crippen LogP contribution < -0.4 is 5.32 Å². The van der Waals surface area contributed by atoms with Gasteiger partial charge in [0.2, 0.25) is 5.91 Å². The molecule has 0 saturated carbocycles. The Balaban J connectivity index is 1.44. The van der Waals surface area contributed by atoms with Crippen molar-refractivity contribution in [2.45, 2.75) is 59.9 Å². The van der Waals surface area contributed by atoms with E-state index in [1.807, 2.05) is 70.8 Å². The van der Waals surface area contributed by atoms with Crippen molar-refractivity contribution in [2.24, 2.45) is 5.41 Å². The SMILES string of the molecule is Cc1cc(NC(=O)c2cnn(-c3ccccn3)c2C)cnc1C1=CCC(N(C)C(=O)C(C)(C)C)CC1. The summed E-state index contributed by atoms with van der Waals surface area (Å²) < 4.78 is 1.65. The molecule has 0 radical (unpaired) electrons. The molecule has 0 saturated heterocycles. The number of hydrogen-bond acceptors (Lipinski definition) is 5. The number of carbonyl (C=O) groups excluding carboxylic acids is 2. The van der Waals surface area contributed by atoms with E-state index in [0.29, 0.717) is 22.8 Å². The second-order valence-electron chi connectivity index (χ2n) is 10.4. The molecule has 1 aliphatic rings.